The van der Waals surface area contributed by atoms with Gasteiger partial charge in [-0.1, -0.05) is 11.8 Å². The lowest BCUT2D eigenvalue weighted by Crippen LogP contribution is -2.44. The van der Waals surface area contributed by atoms with E-state index in [9.17, 15) is 4.79 Å². The van der Waals surface area contributed by atoms with Crippen LogP contribution in [0.1, 0.15) is 34.6 Å². The Kier molecular flexibility index (Phi) is 5.88. The fourth-order valence-corrected chi connectivity index (χ4v) is 2.59. The molecule has 1 aromatic heterocycles. The van der Waals surface area contributed by atoms with Crippen LogP contribution in [0.5, 0.6) is 5.75 Å². The van der Waals surface area contributed by atoms with Crippen molar-refractivity contribution >= 4 is 17.7 Å². The molecule has 0 spiro atoms. The maximum Gasteiger partial charge on any atom is 0.277 e. The van der Waals surface area contributed by atoms with E-state index in [0.717, 1.165) is 11.3 Å². The first kappa shape index (κ1) is 18.3. The van der Waals surface area contributed by atoms with Crippen LogP contribution in [-0.4, -0.2) is 33.5 Å². The fraction of sp³-hybridized carbons (Fsp3) is 0.471. The number of aromatic nitrogens is 2. The molecule has 1 N–H and O–H groups in total. The van der Waals surface area contributed by atoms with Crippen molar-refractivity contribution in [2.24, 2.45) is 0 Å². The third-order valence-corrected chi connectivity index (χ3v) is 3.90. The predicted octanol–water partition coefficient (Wildman–Crippen LogP) is 3.53. The molecule has 1 heterocycles. The largest absolute Gasteiger partial charge is 0.494 e. The summed E-state index contributed by atoms with van der Waals surface area (Å²) in [5, 5.41) is 11.0. The van der Waals surface area contributed by atoms with Crippen molar-refractivity contribution in [3.63, 3.8) is 0 Å². The van der Waals surface area contributed by atoms with Crippen molar-refractivity contribution in [3.05, 3.63) is 24.3 Å². The highest BCUT2D eigenvalue weighted by atomic mass is 32.2. The molecule has 0 aliphatic heterocycles. The first-order valence-electron chi connectivity index (χ1n) is 7.84. The van der Waals surface area contributed by atoms with Gasteiger partial charge in [0.05, 0.1) is 11.9 Å². The van der Waals surface area contributed by atoms with E-state index < -0.39 is 0 Å². The van der Waals surface area contributed by atoms with Crippen LogP contribution in [0.2, 0.25) is 0 Å². The highest BCUT2D eigenvalue weighted by molar-refractivity contribution is 8.00. The summed E-state index contributed by atoms with van der Waals surface area (Å²) in [5.41, 5.74) is 0.540. The van der Waals surface area contributed by atoms with E-state index in [4.69, 9.17) is 9.15 Å². The maximum atomic E-state index is 12.1. The van der Waals surface area contributed by atoms with Crippen LogP contribution >= 0.6 is 11.8 Å². The van der Waals surface area contributed by atoms with E-state index in [2.05, 4.69) is 15.5 Å². The molecule has 0 aliphatic rings. The average Bonchev–Trinajstić information content (AvgIpc) is 2.95. The quantitative estimate of drug-likeness (QED) is 0.804. The van der Waals surface area contributed by atoms with E-state index in [1.807, 2.05) is 58.9 Å². The van der Waals surface area contributed by atoms with E-state index >= 15 is 0 Å². The monoisotopic (exact) mass is 349 g/mol. The number of nitrogens with zero attached hydrogens (tertiary/aromatic N) is 2. The third kappa shape index (κ3) is 5.26. The number of carbonyl (C=O) groups is 1. The van der Waals surface area contributed by atoms with Gasteiger partial charge in [-0.2, -0.15) is 0 Å². The molecule has 0 fully saturated rings. The molecule has 0 aliphatic carbocycles. The molecular weight excluding hydrogens is 326 g/mol. The average molecular weight is 349 g/mol. The number of carbonyl (C=O) groups excluding carboxylic acids is 1. The van der Waals surface area contributed by atoms with E-state index in [1.165, 1.54) is 11.8 Å². The zero-order valence-corrected chi connectivity index (χ0v) is 15.4. The Morgan fingerprint density at radius 3 is 2.54 bits per heavy atom. The van der Waals surface area contributed by atoms with Gasteiger partial charge in [0.1, 0.15) is 5.75 Å². The standard InChI is InChI=1S/C17H23N3O3S/c1-6-22-13-9-7-12(8-10-13)15-19-20-16(23-15)24-11(2)14(21)18-17(3,4)5/h7-11H,6H2,1-5H3,(H,18,21)/t11-/m1/s1. The summed E-state index contributed by atoms with van der Waals surface area (Å²) >= 11 is 1.24. The summed E-state index contributed by atoms with van der Waals surface area (Å²) in [6.45, 7) is 10.2. The summed E-state index contributed by atoms with van der Waals surface area (Å²) < 4.78 is 11.0. The number of hydrogen-bond donors (Lipinski definition) is 1. The first-order chi connectivity index (χ1) is 11.3. The van der Waals surface area contributed by atoms with Gasteiger partial charge in [0.2, 0.25) is 11.8 Å². The molecular formula is C17H23N3O3S. The number of rotatable bonds is 6. The Morgan fingerprint density at radius 1 is 1.29 bits per heavy atom. The maximum absolute atomic E-state index is 12.1. The first-order valence-corrected chi connectivity index (χ1v) is 8.72. The molecule has 24 heavy (non-hydrogen) atoms. The van der Waals surface area contributed by atoms with Gasteiger partial charge in [0.25, 0.3) is 5.22 Å². The summed E-state index contributed by atoms with van der Waals surface area (Å²) in [7, 11) is 0. The van der Waals surface area contributed by atoms with Gasteiger partial charge in [0.15, 0.2) is 0 Å². The van der Waals surface area contributed by atoms with Crippen LogP contribution < -0.4 is 10.1 Å². The molecule has 0 unspecified atom stereocenters. The van der Waals surface area contributed by atoms with E-state index in [-0.39, 0.29) is 16.7 Å². The second-order valence-corrected chi connectivity index (χ2v) is 7.62. The molecule has 1 amide bonds. The van der Waals surface area contributed by atoms with Crippen LogP contribution in [0.3, 0.4) is 0 Å². The highest BCUT2D eigenvalue weighted by Crippen LogP contribution is 2.27. The topological polar surface area (TPSA) is 77.2 Å². The Balaban J connectivity index is 2.01. The van der Waals surface area contributed by atoms with Crippen LogP contribution in [0.15, 0.2) is 33.9 Å². The molecule has 0 bridgehead atoms. The number of ether oxygens (including phenoxy) is 1. The molecule has 6 nitrogen and oxygen atoms in total. The normalized spacial score (nSPS) is 12.7. The van der Waals surface area contributed by atoms with Crippen molar-refractivity contribution in [3.8, 4) is 17.2 Å². The molecule has 2 rings (SSSR count). The van der Waals surface area contributed by atoms with Gasteiger partial charge in [0, 0.05) is 11.1 Å². The van der Waals surface area contributed by atoms with Crippen LogP contribution in [0.4, 0.5) is 0 Å². The lowest BCUT2D eigenvalue weighted by Gasteiger charge is -2.22. The van der Waals surface area contributed by atoms with Crippen molar-refractivity contribution in [1.82, 2.24) is 15.5 Å². The van der Waals surface area contributed by atoms with Crippen molar-refractivity contribution in [1.29, 1.82) is 0 Å². The van der Waals surface area contributed by atoms with Gasteiger partial charge < -0.3 is 14.5 Å². The second kappa shape index (κ2) is 7.70. The minimum atomic E-state index is -0.321. The molecule has 0 saturated carbocycles. The van der Waals surface area contributed by atoms with Crippen LogP contribution in [0.25, 0.3) is 11.5 Å². The zero-order chi connectivity index (χ0) is 17.7. The number of hydrogen-bond acceptors (Lipinski definition) is 6. The molecule has 0 radical (unpaired) electrons. The van der Waals surface area contributed by atoms with Gasteiger partial charge in [-0.25, -0.2) is 0 Å². The minimum Gasteiger partial charge on any atom is -0.494 e. The Bertz CT molecular complexity index is 677. The van der Waals surface area contributed by atoms with E-state index in [1.54, 1.807) is 0 Å². The van der Waals surface area contributed by atoms with Gasteiger partial charge in [-0.3, -0.25) is 4.79 Å². The molecule has 130 valence electrons. The van der Waals surface area contributed by atoms with Gasteiger partial charge >= 0.3 is 0 Å². The summed E-state index contributed by atoms with van der Waals surface area (Å²) in [4.78, 5) is 12.1. The van der Waals surface area contributed by atoms with Crippen LogP contribution in [-0.2, 0) is 4.79 Å². The number of thioether (sulfide) groups is 1. The van der Waals surface area contributed by atoms with Crippen LogP contribution in [0, 0.1) is 0 Å². The van der Waals surface area contributed by atoms with Crippen molar-refractivity contribution in [2.45, 2.75) is 50.6 Å². The smallest absolute Gasteiger partial charge is 0.277 e. The highest BCUT2D eigenvalue weighted by Gasteiger charge is 2.22. The zero-order valence-electron chi connectivity index (χ0n) is 14.6. The Labute approximate surface area is 146 Å². The Hall–Kier alpha value is -2.02. The minimum absolute atomic E-state index is 0.0617. The molecule has 2 aromatic rings. The second-order valence-electron chi connectivity index (χ2n) is 6.33. The molecule has 0 saturated heterocycles. The molecule has 1 aromatic carbocycles. The SMILES string of the molecule is CCOc1ccc(-c2nnc(S[C@H](C)C(=O)NC(C)(C)C)o2)cc1. The lowest BCUT2D eigenvalue weighted by molar-refractivity contribution is -0.121. The number of nitrogens with one attached hydrogen (secondary N) is 1. The molecule has 1 atom stereocenters. The van der Waals surface area contributed by atoms with Gasteiger partial charge in [-0.15, -0.1) is 10.2 Å². The summed E-state index contributed by atoms with van der Waals surface area (Å²) in [6, 6.07) is 7.44. The van der Waals surface area contributed by atoms with E-state index in [0.29, 0.717) is 17.7 Å². The fourth-order valence-electron chi connectivity index (χ4n) is 1.91. The third-order valence-electron chi connectivity index (χ3n) is 2.96. The lowest BCUT2D eigenvalue weighted by atomic mass is 10.1. The number of amides is 1. The van der Waals surface area contributed by atoms with Crippen molar-refractivity contribution < 1.29 is 13.9 Å². The summed E-state index contributed by atoms with van der Waals surface area (Å²) in [6.07, 6.45) is 0. The molecule has 7 heteroatoms. The van der Waals surface area contributed by atoms with Crippen molar-refractivity contribution in [2.75, 3.05) is 6.61 Å². The van der Waals surface area contributed by atoms with Gasteiger partial charge in [-0.05, 0) is 58.9 Å². The predicted molar refractivity (Wildman–Crippen MR) is 94.1 cm³/mol. The number of benzene rings is 1. The summed E-state index contributed by atoms with van der Waals surface area (Å²) in [5.74, 6) is 1.15. The Morgan fingerprint density at radius 2 is 1.96 bits per heavy atom.